The summed E-state index contributed by atoms with van der Waals surface area (Å²) in [7, 11) is 0. The minimum Gasteiger partial charge on any atom is -0.338 e. The number of rotatable bonds is 2. The molecular weight excluding hydrogens is 171 g/mol. The minimum absolute atomic E-state index is 0.289. The number of hydrogen-bond acceptors (Lipinski definition) is 2. The van der Waals surface area contributed by atoms with Crippen molar-refractivity contribution in [2.45, 2.75) is 44.3 Å². The van der Waals surface area contributed by atoms with E-state index >= 15 is 0 Å². The van der Waals surface area contributed by atoms with Crippen LogP contribution in [-0.4, -0.2) is 17.6 Å². The minimum atomic E-state index is -1.72. The van der Waals surface area contributed by atoms with Crippen molar-refractivity contribution in [3.8, 4) is 6.07 Å². The largest absolute Gasteiger partial charge is 0.338 e. The molecule has 0 spiro atoms. The first-order chi connectivity index (χ1) is 6.08. The number of halogens is 1. The molecule has 1 rings (SSSR count). The van der Waals surface area contributed by atoms with Gasteiger partial charge in [-0.25, -0.2) is 4.39 Å². The van der Waals surface area contributed by atoms with Crippen molar-refractivity contribution in [2.75, 3.05) is 0 Å². The molecule has 0 aliphatic heterocycles. The van der Waals surface area contributed by atoms with Gasteiger partial charge < -0.3 is 5.32 Å². The van der Waals surface area contributed by atoms with E-state index in [4.69, 9.17) is 5.26 Å². The van der Waals surface area contributed by atoms with Crippen LogP contribution >= 0.6 is 0 Å². The molecule has 0 unspecified atom stereocenters. The molecule has 3 nitrogen and oxygen atoms in total. The van der Waals surface area contributed by atoms with Crippen molar-refractivity contribution in [2.24, 2.45) is 0 Å². The van der Waals surface area contributed by atoms with Crippen LogP contribution in [0.15, 0.2) is 0 Å². The zero-order valence-corrected chi connectivity index (χ0v) is 7.64. The second kappa shape index (κ2) is 3.73. The van der Waals surface area contributed by atoms with Gasteiger partial charge in [0.15, 0.2) is 5.67 Å². The number of nitrogens with one attached hydrogen (secondary N) is 1. The lowest BCUT2D eigenvalue weighted by Gasteiger charge is -2.18. The smallest absolute Gasteiger partial charge is 0.258 e. The fourth-order valence-electron chi connectivity index (χ4n) is 1.52. The maximum atomic E-state index is 13.7. The fourth-order valence-corrected chi connectivity index (χ4v) is 1.52. The Balaban J connectivity index is 2.52. The number of carbonyl (C=O) groups is 1. The lowest BCUT2D eigenvalue weighted by atomic mass is 10.0. The van der Waals surface area contributed by atoms with E-state index in [1.54, 1.807) is 0 Å². The van der Waals surface area contributed by atoms with E-state index in [2.05, 4.69) is 5.32 Å². The molecule has 0 saturated heterocycles. The van der Waals surface area contributed by atoms with Crippen molar-refractivity contribution >= 4 is 5.91 Å². The molecule has 1 atom stereocenters. The lowest BCUT2D eigenvalue weighted by molar-refractivity contribution is -0.132. The zero-order chi connectivity index (χ0) is 9.90. The van der Waals surface area contributed by atoms with Crippen LogP contribution < -0.4 is 5.32 Å². The van der Waals surface area contributed by atoms with Gasteiger partial charge in [0.1, 0.15) is 6.04 Å². The third kappa shape index (κ3) is 2.18. The van der Waals surface area contributed by atoms with Gasteiger partial charge in [-0.3, -0.25) is 4.79 Å². The molecule has 1 aliphatic rings. The van der Waals surface area contributed by atoms with Gasteiger partial charge in [0.05, 0.1) is 6.07 Å². The van der Waals surface area contributed by atoms with E-state index in [9.17, 15) is 9.18 Å². The first-order valence-electron chi connectivity index (χ1n) is 4.48. The maximum absolute atomic E-state index is 13.7. The van der Waals surface area contributed by atoms with Gasteiger partial charge >= 0.3 is 0 Å². The second-order valence-electron chi connectivity index (χ2n) is 3.50. The summed E-state index contributed by atoms with van der Waals surface area (Å²) in [5.74, 6) is -0.626. The summed E-state index contributed by atoms with van der Waals surface area (Å²) in [6.45, 7) is 1.54. The molecule has 0 aromatic heterocycles. The number of nitrogens with zero attached hydrogens (tertiary/aromatic N) is 1. The highest BCUT2D eigenvalue weighted by molar-refractivity contribution is 5.85. The lowest BCUT2D eigenvalue weighted by Crippen LogP contribution is -2.44. The standard InChI is InChI=1S/C9H13FN2O/c1-7(6-11)12-8(13)9(10)4-2-3-5-9/h7H,2-5H2,1H3,(H,12,13)/t7-/m0/s1. The number of hydrogen-bond donors (Lipinski definition) is 1. The Kier molecular flexibility index (Phi) is 2.86. The Bertz CT molecular complexity index is 240. The van der Waals surface area contributed by atoms with Crippen molar-refractivity contribution in [1.29, 1.82) is 5.26 Å². The van der Waals surface area contributed by atoms with Gasteiger partial charge in [0, 0.05) is 0 Å². The third-order valence-corrected chi connectivity index (χ3v) is 2.34. The van der Waals surface area contributed by atoms with E-state index in [-0.39, 0.29) is 12.8 Å². The summed E-state index contributed by atoms with van der Waals surface area (Å²) >= 11 is 0. The van der Waals surface area contributed by atoms with Crippen molar-refractivity contribution in [3.05, 3.63) is 0 Å². The van der Waals surface area contributed by atoms with Crippen LogP contribution in [0.2, 0.25) is 0 Å². The highest BCUT2D eigenvalue weighted by atomic mass is 19.1. The van der Waals surface area contributed by atoms with Gasteiger partial charge in [-0.1, -0.05) is 0 Å². The van der Waals surface area contributed by atoms with E-state index in [1.807, 2.05) is 6.07 Å². The highest BCUT2D eigenvalue weighted by Crippen LogP contribution is 2.33. The Hall–Kier alpha value is -1.11. The van der Waals surface area contributed by atoms with Gasteiger partial charge in [-0.15, -0.1) is 0 Å². The van der Waals surface area contributed by atoms with E-state index in [0.717, 1.165) is 12.8 Å². The molecule has 72 valence electrons. The normalized spacial score (nSPS) is 21.9. The second-order valence-corrected chi connectivity index (χ2v) is 3.50. The van der Waals surface area contributed by atoms with Gasteiger partial charge in [-0.2, -0.15) is 5.26 Å². The van der Waals surface area contributed by atoms with E-state index in [0.29, 0.717) is 0 Å². The molecule has 0 aromatic rings. The summed E-state index contributed by atoms with van der Waals surface area (Å²) in [6.07, 6.45) is 2.09. The highest BCUT2D eigenvalue weighted by Gasteiger charge is 2.41. The first-order valence-corrected chi connectivity index (χ1v) is 4.48. The first kappa shape index (κ1) is 9.97. The summed E-state index contributed by atoms with van der Waals surface area (Å²) in [5, 5.41) is 10.8. The van der Waals surface area contributed by atoms with E-state index < -0.39 is 17.6 Å². The Morgan fingerprint density at radius 2 is 2.15 bits per heavy atom. The third-order valence-electron chi connectivity index (χ3n) is 2.34. The predicted molar refractivity (Wildman–Crippen MR) is 45.5 cm³/mol. The van der Waals surface area contributed by atoms with Crippen LogP contribution in [0, 0.1) is 11.3 Å². The topological polar surface area (TPSA) is 52.9 Å². The quantitative estimate of drug-likeness (QED) is 0.703. The molecular formula is C9H13FN2O. The Labute approximate surface area is 76.9 Å². The molecule has 4 heteroatoms. The molecule has 1 aliphatic carbocycles. The number of amides is 1. The molecule has 1 fully saturated rings. The maximum Gasteiger partial charge on any atom is 0.258 e. The number of alkyl halides is 1. The van der Waals surface area contributed by atoms with Crippen LogP contribution in [0.1, 0.15) is 32.6 Å². The van der Waals surface area contributed by atoms with Crippen LogP contribution in [-0.2, 0) is 4.79 Å². The van der Waals surface area contributed by atoms with Gasteiger partial charge in [-0.05, 0) is 32.6 Å². The molecule has 1 saturated carbocycles. The van der Waals surface area contributed by atoms with Crippen LogP contribution in [0.25, 0.3) is 0 Å². The van der Waals surface area contributed by atoms with Crippen LogP contribution in [0.3, 0.4) is 0 Å². The average molecular weight is 184 g/mol. The Morgan fingerprint density at radius 3 is 2.62 bits per heavy atom. The fraction of sp³-hybridized carbons (Fsp3) is 0.778. The summed E-state index contributed by atoms with van der Waals surface area (Å²) in [5.41, 5.74) is -1.72. The van der Waals surface area contributed by atoms with Crippen LogP contribution in [0.4, 0.5) is 4.39 Å². The molecule has 13 heavy (non-hydrogen) atoms. The van der Waals surface area contributed by atoms with Crippen molar-refractivity contribution in [1.82, 2.24) is 5.32 Å². The molecule has 0 bridgehead atoms. The molecule has 0 aromatic carbocycles. The number of carbonyl (C=O) groups excluding carboxylic acids is 1. The molecule has 0 heterocycles. The average Bonchev–Trinajstić information content (AvgIpc) is 2.53. The Morgan fingerprint density at radius 1 is 1.62 bits per heavy atom. The molecule has 1 amide bonds. The van der Waals surface area contributed by atoms with E-state index in [1.165, 1.54) is 6.92 Å². The molecule has 1 N–H and O–H groups in total. The van der Waals surface area contributed by atoms with Crippen LogP contribution in [0.5, 0.6) is 0 Å². The predicted octanol–water partition coefficient (Wildman–Crippen LogP) is 1.30. The van der Waals surface area contributed by atoms with Gasteiger partial charge in [0.2, 0.25) is 0 Å². The monoisotopic (exact) mass is 184 g/mol. The summed E-state index contributed by atoms with van der Waals surface area (Å²) < 4.78 is 13.7. The molecule has 0 radical (unpaired) electrons. The summed E-state index contributed by atoms with van der Waals surface area (Å²) in [6, 6.07) is 1.23. The summed E-state index contributed by atoms with van der Waals surface area (Å²) in [4.78, 5) is 11.3. The zero-order valence-electron chi connectivity index (χ0n) is 7.64. The van der Waals surface area contributed by atoms with Crippen molar-refractivity contribution < 1.29 is 9.18 Å². The SMILES string of the molecule is C[C@@H](C#N)NC(=O)C1(F)CCCC1. The van der Waals surface area contributed by atoms with Gasteiger partial charge in [0.25, 0.3) is 5.91 Å². The number of nitriles is 1. The van der Waals surface area contributed by atoms with Crippen molar-refractivity contribution in [3.63, 3.8) is 0 Å².